The molecule has 0 fully saturated rings. The highest BCUT2D eigenvalue weighted by molar-refractivity contribution is 5.91. The highest BCUT2D eigenvalue weighted by Crippen LogP contribution is 2.17. The second kappa shape index (κ2) is 5.62. The van der Waals surface area contributed by atoms with Gasteiger partial charge in [-0.2, -0.15) is 4.98 Å². The van der Waals surface area contributed by atoms with Gasteiger partial charge in [-0.05, 0) is 25.1 Å². The lowest BCUT2D eigenvalue weighted by Gasteiger charge is -2.03. The molecule has 1 N–H and O–H groups in total. The smallest absolute Gasteiger partial charge is 0.261 e. The number of nitrogens with zero attached hydrogens (tertiary/aromatic N) is 2. The fourth-order valence-electron chi connectivity index (χ4n) is 1.81. The molecular formula is C15H13N3O3. The number of carbonyl (C=O) groups is 1. The summed E-state index contributed by atoms with van der Waals surface area (Å²) in [5, 5.41) is 6.56. The van der Waals surface area contributed by atoms with E-state index in [9.17, 15) is 4.79 Å². The van der Waals surface area contributed by atoms with Crippen LogP contribution in [0.15, 0.2) is 51.8 Å². The molecule has 0 bridgehead atoms. The zero-order chi connectivity index (χ0) is 14.7. The zero-order valence-electron chi connectivity index (χ0n) is 11.4. The number of amides is 1. The van der Waals surface area contributed by atoms with Crippen LogP contribution in [-0.4, -0.2) is 16.0 Å². The Morgan fingerprint density at radius 1 is 1.24 bits per heavy atom. The maximum absolute atomic E-state index is 11.9. The first-order valence-electron chi connectivity index (χ1n) is 6.42. The molecule has 0 aliphatic heterocycles. The van der Waals surface area contributed by atoms with Crippen LogP contribution in [0.25, 0.3) is 11.5 Å². The Kier molecular flexibility index (Phi) is 3.51. The van der Waals surface area contributed by atoms with Crippen molar-refractivity contribution in [2.45, 2.75) is 13.3 Å². The lowest BCUT2D eigenvalue weighted by atomic mass is 10.2. The van der Waals surface area contributed by atoms with Gasteiger partial charge in [0.25, 0.3) is 5.89 Å². The number of aryl methyl sites for hydroxylation is 1. The van der Waals surface area contributed by atoms with Crippen molar-refractivity contribution < 1.29 is 13.7 Å². The third kappa shape index (κ3) is 3.17. The Hall–Kier alpha value is -2.89. The first kappa shape index (κ1) is 13.1. The van der Waals surface area contributed by atoms with Crippen LogP contribution in [0.2, 0.25) is 0 Å². The molecule has 6 heteroatoms. The molecule has 3 aromatic rings. The van der Waals surface area contributed by atoms with E-state index in [0.29, 0.717) is 17.3 Å². The van der Waals surface area contributed by atoms with E-state index in [1.54, 1.807) is 6.07 Å². The molecular weight excluding hydrogens is 270 g/mol. The number of benzene rings is 1. The minimum absolute atomic E-state index is 0.0508. The van der Waals surface area contributed by atoms with Crippen LogP contribution in [-0.2, 0) is 11.2 Å². The Morgan fingerprint density at radius 3 is 2.76 bits per heavy atom. The van der Waals surface area contributed by atoms with Gasteiger partial charge in [0.1, 0.15) is 6.26 Å². The molecule has 0 saturated carbocycles. The second-order valence-electron chi connectivity index (χ2n) is 4.62. The van der Waals surface area contributed by atoms with Crippen LogP contribution < -0.4 is 5.32 Å². The second-order valence-corrected chi connectivity index (χ2v) is 4.62. The maximum Gasteiger partial charge on any atom is 0.261 e. The number of hydrogen-bond acceptors (Lipinski definition) is 5. The van der Waals surface area contributed by atoms with Gasteiger partial charge in [0.2, 0.25) is 5.91 Å². The van der Waals surface area contributed by atoms with Crippen molar-refractivity contribution in [2.75, 3.05) is 5.32 Å². The Bertz CT molecular complexity index is 730. The van der Waals surface area contributed by atoms with Crippen molar-refractivity contribution in [1.29, 1.82) is 0 Å². The molecule has 106 valence electrons. The van der Waals surface area contributed by atoms with Crippen LogP contribution in [0.1, 0.15) is 11.4 Å². The molecule has 1 aromatic carbocycles. The molecule has 0 unspecified atom stereocenters. The molecule has 3 rings (SSSR count). The van der Waals surface area contributed by atoms with Crippen LogP contribution in [0.4, 0.5) is 5.69 Å². The monoisotopic (exact) mass is 283 g/mol. The minimum atomic E-state index is -0.196. The highest BCUT2D eigenvalue weighted by Gasteiger charge is 2.13. The van der Waals surface area contributed by atoms with Crippen LogP contribution in [0.5, 0.6) is 0 Å². The van der Waals surface area contributed by atoms with Gasteiger partial charge >= 0.3 is 0 Å². The van der Waals surface area contributed by atoms with Gasteiger partial charge in [0.15, 0.2) is 5.82 Å². The summed E-state index contributed by atoms with van der Waals surface area (Å²) >= 11 is 0. The van der Waals surface area contributed by atoms with Crippen LogP contribution in [0.3, 0.4) is 0 Å². The van der Waals surface area contributed by atoms with Crippen molar-refractivity contribution in [2.24, 2.45) is 0 Å². The van der Waals surface area contributed by atoms with Gasteiger partial charge in [0.05, 0.1) is 18.2 Å². The molecule has 2 heterocycles. The molecule has 0 radical (unpaired) electrons. The Balaban J connectivity index is 1.64. The van der Waals surface area contributed by atoms with Crippen LogP contribution >= 0.6 is 0 Å². The number of nitrogens with one attached hydrogen (secondary N) is 1. The average molecular weight is 283 g/mol. The van der Waals surface area contributed by atoms with Gasteiger partial charge < -0.3 is 14.3 Å². The molecule has 21 heavy (non-hydrogen) atoms. The van der Waals surface area contributed by atoms with Crippen molar-refractivity contribution >= 4 is 11.6 Å². The number of furan rings is 1. The van der Waals surface area contributed by atoms with E-state index in [1.165, 1.54) is 12.5 Å². The Morgan fingerprint density at radius 2 is 2.05 bits per heavy atom. The van der Waals surface area contributed by atoms with E-state index in [4.69, 9.17) is 8.94 Å². The number of hydrogen-bond donors (Lipinski definition) is 1. The molecule has 0 aliphatic carbocycles. The minimum Gasteiger partial charge on any atom is -0.472 e. The lowest BCUT2D eigenvalue weighted by molar-refractivity contribution is -0.115. The summed E-state index contributed by atoms with van der Waals surface area (Å²) in [4.78, 5) is 16.1. The molecule has 2 aromatic heterocycles. The standard InChI is InChI=1S/C15H13N3O3/c1-10-2-4-12(5-3-10)16-14(19)8-13-17-15(21-18-13)11-6-7-20-9-11/h2-7,9H,8H2,1H3,(H,16,19). The molecule has 6 nitrogen and oxygen atoms in total. The van der Waals surface area contributed by atoms with Crippen molar-refractivity contribution in [3.63, 3.8) is 0 Å². The average Bonchev–Trinajstić information content (AvgIpc) is 3.12. The highest BCUT2D eigenvalue weighted by atomic mass is 16.5. The molecule has 0 atom stereocenters. The van der Waals surface area contributed by atoms with Gasteiger partial charge in [0, 0.05) is 5.69 Å². The van der Waals surface area contributed by atoms with E-state index < -0.39 is 0 Å². The SMILES string of the molecule is Cc1ccc(NC(=O)Cc2noc(-c3ccoc3)n2)cc1. The fraction of sp³-hybridized carbons (Fsp3) is 0.133. The predicted molar refractivity (Wildman–Crippen MR) is 75.5 cm³/mol. The predicted octanol–water partition coefficient (Wildman–Crippen LogP) is 2.82. The van der Waals surface area contributed by atoms with E-state index in [-0.39, 0.29) is 12.3 Å². The molecule has 0 aliphatic rings. The number of aromatic nitrogens is 2. The summed E-state index contributed by atoms with van der Waals surface area (Å²) in [5.41, 5.74) is 2.56. The fourth-order valence-corrected chi connectivity index (χ4v) is 1.81. The maximum atomic E-state index is 11.9. The summed E-state index contributed by atoms with van der Waals surface area (Å²) in [7, 11) is 0. The molecule has 1 amide bonds. The van der Waals surface area contributed by atoms with Crippen LogP contribution in [0, 0.1) is 6.92 Å². The first-order valence-corrected chi connectivity index (χ1v) is 6.42. The summed E-state index contributed by atoms with van der Waals surface area (Å²) < 4.78 is 10.0. The van der Waals surface area contributed by atoms with Gasteiger partial charge in [-0.25, -0.2) is 0 Å². The van der Waals surface area contributed by atoms with Crippen molar-refractivity contribution in [3.8, 4) is 11.5 Å². The van der Waals surface area contributed by atoms with Gasteiger partial charge in [-0.15, -0.1) is 0 Å². The molecule has 0 spiro atoms. The summed E-state index contributed by atoms with van der Waals surface area (Å²) in [5.74, 6) is 0.469. The van der Waals surface area contributed by atoms with E-state index in [0.717, 1.165) is 11.3 Å². The largest absolute Gasteiger partial charge is 0.472 e. The summed E-state index contributed by atoms with van der Waals surface area (Å²) in [6.07, 6.45) is 3.07. The lowest BCUT2D eigenvalue weighted by Crippen LogP contribution is -2.15. The van der Waals surface area contributed by atoms with Gasteiger partial charge in [-0.1, -0.05) is 22.9 Å². The number of carbonyl (C=O) groups excluding carboxylic acids is 1. The number of anilines is 1. The zero-order valence-corrected chi connectivity index (χ0v) is 11.4. The third-order valence-electron chi connectivity index (χ3n) is 2.89. The first-order chi connectivity index (χ1) is 10.2. The van der Waals surface area contributed by atoms with Gasteiger partial charge in [-0.3, -0.25) is 4.79 Å². The normalized spacial score (nSPS) is 10.5. The topological polar surface area (TPSA) is 81.2 Å². The van der Waals surface area contributed by atoms with E-state index in [2.05, 4.69) is 15.5 Å². The van der Waals surface area contributed by atoms with E-state index in [1.807, 2.05) is 31.2 Å². The Labute approximate surface area is 120 Å². The molecule has 0 saturated heterocycles. The van der Waals surface area contributed by atoms with Crippen molar-refractivity contribution in [3.05, 3.63) is 54.2 Å². The quantitative estimate of drug-likeness (QED) is 0.796. The summed E-state index contributed by atoms with van der Waals surface area (Å²) in [6, 6.07) is 9.27. The number of rotatable bonds is 4. The van der Waals surface area contributed by atoms with E-state index >= 15 is 0 Å². The summed E-state index contributed by atoms with van der Waals surface area (Å²) in [6.45, 7) is 1.99. The van der Waals surface area contributed by atoms with Crippen molar-refractivity contribution in [1.82, 2.24) is 10.1 Å². The third-order valence-corrected chi connectivity index (χ3v) is 2.89.